The molecule has 110 valence electrons. The summed E-state index contributed by atoms with van der Waals surface area (Å²) in [4.78, 5) is 13.2. The molecule has 0 saturated heterocycles. The normalized spacial score (nSPS) is 16.6. The summed E-state index contributed by atoms with van der Waals surface area (Å²) in [5.41, 5.74) is 4.42. The standard InChI is InChI=1S/C13H16F3N3O/c1-19(2)11(20)8-3-4-9(17)10(7-8)18-12(5-6-12)13(14,15)16/h3-4,7,18H,5-6,17H2,1-2H3. The molecular formula is C13H16F3N3O. The number of amides is 1. The first kappa shape index (κ1) is 14.5. The van der Waals surface area contributed by atoms with E-state index >= 15 is 0 Å². The number of rotatable bonds is 3. The molecule has 3 N–H and O–H groups in total. The van der Waals surface area contributed by atoms with Crippen LogP contribution in [0.4, 0.5) is 24.5 Å². The number of nitrogen functional groups attached to an aromatic ring is 1. The minimum absolute atomic E-state index is 0.0157. The van der Waals surface area contributed by atoms with Gasteiger partial charge in [0.05, 0.1) is 11.4 Å². The molecule has 1 aliphatic carbocycles. The molecule has 7 heteroatoms. The highest BCUT2D eigenvalue weighted by molar-refractivity contribution is 5.96. The Morgan fingerprint density at radius 1 is 1.35 bits per heavy atom. The molecule has 4 nitrogen and oxygen atoms in total. The van der Waals surface area contributed by atoms with Gasteiger partial charge in [-0.25, -0.2) is 0 Å². The van der Waals surface area contributed by atoms with Gasteiger partial charge in [0.1, 0.15) is 5.54 Å². The van der Waals surface area contributed by atoms with E-state index in [2.05, 4.69) is 5.32 Å². The van der Waals surface area contributed by atoms with Crippen LogP contribution in [-0.4, -0.2) is 36.6 Å². The number of anilines is 2. The Kier molecular flexibility index (Phi) is 3.31. The average Bonchev–Trinajstić information content (AvgIpc) is 3.11. The van der Waals surface area contributed by atoms with Crippen molar-refractivity contribution < 1.29 is 18.0 Å². The van der Waals surface area contributed by atoms with Crippen molar-refractivity contribution in [3.63, 3.8) is 0 Å². The summed E-state index contributed by atoms with van der Waals surface area (Å²) >= 11 is 0. The van der Waals surface area contributed by atoms with Crippen LogP contribution in [-0.2, 0) is 0 Å². The maximum absolute atomic E-state index is 12.9. The Morgan fingerprint density at radius 3 is 2.40 bits per heavy atom. The SMILES string of the molecule is CN(C)C(=O)c1ccc(N)c(NC2(C(F)(F)F)CC2)c1. The molecule has 1 fully saturated rings. The second-order valence-electron chi connectivity index (χ2n) is 5.21. The van der Waals surface area contributed by atoms with Gasteiger partial charge in [0.15, 0.2) is 0 Å². The number of nitrogens with one attached hydrogen (secondary N) is 1. The third-order valence-electron chi connectivity index (χ3n) is 3.37. The molecule has 1 saturated carbocycles. The molecule has 0 bridgehead atoms. The van der Waals surface area contributed by atoms with Gasteiger partial charge < -0.3 is 16.0 Å². The molecule has 1 aromatic carbocycles. The van der Waals surface area contributed by atoms with Crippen LogP contribution in [0.25, 0.3) is 0 Å². The highest BCUT2D eigenvalue weighted by Crippen LogP contribution is 2.51. The summed E-state index contributed by atoms with van der Waals surface area (Å²) in [5, 5.41) is 2.45. The first-order valence-electron chi connectivity index (χ1n) is 6.12. The van der Waals surface area contributed by atoms with E-state index in [9.17, 15) is 18.0 Å². The summed E-state index contributed by atoms with van der Waals surface area (Å²) in [5.74, 6) is -0.287. The second-order valence-corrected chi connectivity index (χ2v) is 5.21. The minimum Gasteiger partial charge on any atom is -0.397 e. The fourth-order valence-corrected chi connectivity index (χ4v) is 1.92. The second kappa shape index (κ2) is 4.57. The number of carbonyl (C=O) groups excluding carboxylic acids is 1. The summed E-state index contributed by atoms with van der Waals surface area (Å²) in [7, 11) is 3.15. The lowest BCUT2D eigenvalue weighted by Gasteiger charge is -2.23. The third-order valence-corrected chi connectivity index (χ3v) is 3.37. The van der Waals surface area contributed by atoms with E-state index < -0.39 is 11.7 Å². The van der Waals surface area contributed by atoms with Gasteiger partial charge in [0.25, 0.3) is 5.91 Å². The van der Waals surface area contributed by atoms with E-state index in [-0.39, 0.29) is 30.1 Å². The summed E-state index contributed by atoms with van der Waals surface area (Å²) in [6.07, 6.45) is -4.30. The van der Waals surface area contributed by atoms with E-state index in [0.717, 1.165) is 0 Å². The lowest BCUT2D eigenvalue weighted by atomic mass is 10.1. The molecule has 0 aromatic heterocycles. The van der Waals surface area contributed by atoms with Crippen molar-refractivity contribution in [3.8, 4) is 0 Å². The number of nitrogens with two attached hydrogens (primary N) is 1. The number of carbonyl (C=O) groups is 1. The highest BCUT2D eigenvalue weighted by atomic mass is 19.4. The summed E-state index contributed by atoms with van der Waals surface area (Å²) in [6.45, 7) is 0. The van der Waals surface area contributed by atoms with Crippen LogP contribution in [0.2, 0.25) is 0 Å². The molecule has 1 aromatic rings. The van der Waals surface area contributed by atoms with E-state index in [4.69, 9.17) is 5.73 Å². The third kappa shape index (κ3) is 2.52. The van der Waals surface area contributed by atoms with Gasteiger partial charge in [0, 0.05) is 19.7 Å². The Bertz CT molecular complexity index is 536. The minimum atomic E-state index is -4.33. The van der Waals surface area contributed by atoms with Crippen LogP contribution < -0.4 is 11.1 Å². The molecule has 0 heterocycles. The molecule has 0 radical (unpaired) electrons. The number of nitrogens with zero attached hydrogens (tertiary/aromatic N) is 1. The van der Waals surface area contributed by atoms with Crippen molar-refractivity contribution in [3.05, 3.63) is 23.8 Å². The summed E-state index contributed by atoms with van der Waals surface area (Å²) < 4.78 is 38.8. The van der Waals surface area contributed by atoms with Gasteiger partial charge in [-0.2, -0.15) is 13.2 Å². The quantitative estimate of drug-likeness (QED) is 0.840. The predicted molar refractivity (Wildman–Crippen MR) is 70.5 cm³/mol. The summed E-state index contributed by atoms with van der Waals surface area (Å²) in [6, 6.07) is 4.30. The monoisotopic (exact) mass is 287 g/mol. The van der Waals surface area contributed by atoms with Crippen LogP contribution in [0.3, 0.4) is 0 Å². The molecule has 1 aliphatic rings. The number of hydrogen-bond donors (Lipinski definition) is 2. The van der Waals surface area contributed by atoms with Crippen molar-refractivity contribution in [2.75, 3.05) is 25.1 Å². The molecule has 2 rings (SSSR count). The zero-order chi connectivity index (χ0) is 15.1. The number of halogens is 3. The van der Waals surface area contributed by atoms with Crippen molar-refractivity contribution >= 4 is 17.3 Å². The van der Waals surface area contributed by atoms with Crippen LogP contribution in [0.5, 0.6) is 0 Å². The molecule has 0 unspecified atom stereocenters. The molecule has 0 atom stereocenters. The van der Waals surface area contributed by atoms with Crippen molar-refractivity contribution in [1.29, 1.82) is 0 Å². The largest absolute Gasteiger partial charge is 0.411 e. The van der Waals surface area contributed by atoms with Crippen LogP contribution in [0.1, 0.15) is 23.2 Å². The average molecular weight is 287 g/mol. The molecular weight excluding hydrogens is 271 g/mol. The van der Waals surface area contributed by atoms with Crippen LogP contribution in [0.15, 0.2) is 18.2 Å². The molecule has 0 spiro atoms. The lowest BCUT2D eigenvalue weighted by Crippen LogP contribution is -2.39. The fraction of sp³-hybridized carbons (Fsp3) is 0.462. The molecule has 20 heavy (non-hydrogen) atoms. The van der Waals surface area contributed by atoms with E-state index in [1.54, 1.807) is 14.1 Å². The van der Waals surface area contributed by atoms with Crippen LogP contribution >= 0.6 is 0 Å². The smallest absolute Gasteiger partial charge is 0.397 e. The van der Waals surface area contributed by atoms with Gasteiger partial charge >= 0.3 is 6.18 Å². The van der Waals surface area contributed by atoms with Crippen molar-refractivity contribution in [1.82, 2.24) is 4.90 Å². The van der Waals surface area contributed by atoms with Crippen LogP contribution in [0, 0.1) is 0 Å². The van der Waals surface area contributed by atoms with Gasteiger partial charge in [-0.05, 0) is 31.0 Å². The Labute approximate surface area is 114 Å². The number of benzene rings is 1. The Morgan fingerprint density at radius 2 is 1.95 bits per heavy atom. The Hall–Kier alpha value is -1.92. The zero-order valence-corrected chi connectivity index (χ0v) is 11.2. The lowest BCUT2D eigenvalue weighted by molar-refractivity contribution is -0.151. The van der Waals surface area contributed by atoms with Gasteiger partial charge in [-0.1, -0.05) is 0 Å². The number of alkyl halides is 3. The van der Waals surface area contributed by atoms with E-state index in [0.29, 0.717) is 5.56 Å². The maximum Gasteiger partial charge on any atom is 0.411 e. The van der Waals surface area contributed by atoms with E-state index in [1.165, 1.54) is 23.1 Å². The zero-order valence-electron chi connectivity index (χ0n) is 11.2. The number of hydrogen-bond acceptors (Lipinski definition) is 3. The highest BCUT2D eigenvalue weighted by Gasteiger charge is 2.63. The molecule has 0 aliphatic heterocycles. The van der Waals surface area contributed by atoms with Gasteiger partial charge in [0.2, 0.25) is 0 Å². The maximum atomic E-state index is 12.9. The predicted octanol–water partition coefficient (Wildman–Crippen LogP) is 2.48. The van der Waals surface area contributed by atoms with Gasteiger partial charge in [-0.15, -0.1) is 0 Å². The van der Waals surface area contributed by atoms with Crippen molar-refractivity contribution in [2.24, 2.45) is 0 Å². The first-order chi connectivity index (χ1) is 9.16. The Balaban J connectivity index is 2.29. The fourth-order valence-electron chi connectivity index (χ4n) is 1.92. The van der Waals surface area contributed by atoms with E-state index in [1.807, 2.05) is 0 Å². The first-order valence-corrected chi connectivity index (χ1v) is 6.12. The van der Waals surface area contributed by atoms with Crippen molar-refractivity contribution in [2.45, 2.75) is 24.6 Å². The molecule has 1 amide bonds. The van der Waals surface area contributed by atoms with Gasteiger partial charge in [-0.3, -0.25) is 4.79 Å². The topological polar surface area (TPSA) is 58.4 Å².